The van der Waals surface area contributed by atoms with Crippen LogP contribution in [0.3, 0.4) is 0 Å². The average molecular weight is 130 g/mol. The summed E-state index contributed by atoms with van der Waals surface area (Å²) in [6.45, 7) is 11.7. The summed E-state index contributed by atoms with van der Waals surface area (Å²) in [5, 5.41) is 3.28. The third-order valence-corrected chi connectivity index (χ3v) is 0.854. The third-order valence-electron chi connectivity index (χ3n) is 0.854. The largest absolute Gasteiger partial charge is 0.317 e. The highest BCUT2D eigenvalue weighted by Crippen LogP contribution is 1.71. The molecule has 0 spiro atoms. The van der Waals surface area contributed by atoms with Crippen molar-refractivity contribution in [2.24, 2.45) is 0 Å². The van der Waals surface area contributed by atoms with Gasteiger partial charge in [0, 0.05) is 0 Å². The lowest BCUT2D eigenvalue weighted by molar-refractivity contribution is 0.662. The van der Waals surface area contributed by atoms with E-state index in [4.69, 9.17) is 0 Å². The Morgan fingerprint density at radius 1 is 1.00 bits per heavy atom. The van der Waals surface area contributed by atoms with Crippen LogP contribution < -0.4 is 5.32 Å². The first kappa shape index (κ1) is 11.7. The van der Waals surface area contributed by atoms with Gasteiger partial charge in [-0.1, -0.05) is 27.7 Å². The van der Waals surface area contributed by atoms with Crippen LogP contribution in [-0.4, -0.2) is 13.1 Å². The maximum absolute atomic E-state index is 3.28. The Hall–Kier alpha value is -0.0400. The van der Waals surface area contributed by atoms with Crippen LogP contribution in [0.5, 0.6) is 0 Å². The highest BCUT2D eigenvalue weighted by atomic mass is 14.8. The Labute approximate surface area is 59.8 Å². The minimum absolute atomic E-state index is 1.17. The second kappa shape index (κ2) is 15.7. The molecular formula is C8H20N. The Kier molecular flexibility index (Phi) is 20.4. The molecule has 0 aliphatic rings. The summed E-state index contributed by atoms with van der Waals surface area (Å²) in [6, 6.07) is 0. The highest BCUT2D eigenvalue weighted by molar-refractivity contribution is 4.39. The van der Waals surface area contributed by atoms with Crippen LogP contribution in [-0.2, 0) is 0 Å². The van der Waals surface area contributed by atoms with Gasteiger partial charge in [-0.2, -0.15) is 0 Å². The first-order valence-electron chi connectivity index (χ1n) is 3.83. The van der Waals surface area contributed by atoms with Crippen LogP contribution in [0.2, 0.25) is 0 Å². The summed E-state index contributed by atoms with van der Waals surface area (Å²) in [6.07, 6.45) is 2.50. The zero-order valence-corrected chi connectivity index (χ0v) is 7.04. The van der Waals surface area contributed by atoms with Gasteiger partial charge in [0.05, 0.1) is 0 Å². The molecule has 0 unspecified atom stereocenters. The van der Waals surface area contributed by atoms with Gasteiger partial charge in [-0.3, -0.25) is 0 Å². The van der Waals surface area contributed by atoms with E-state index >= 15 is 0 Å². The number of hydrogen-bond donors (Lipinski definition) is 1. The summed E-state index contributed by atoms with van der Waals surface area (Å²) in [4.78, 5) is 0. The van der Waals surface area contributed by atoms with Crippen molar-refractivity contribution in [1.29, 1.82) is 0 Å². The zero-order chi connectivity index (χ0) is 7.54. The van der Waals surface area contributed by atoms with Crippen molar-refractivity contribution in [2.75, 3.05) is 13.1 Å². The second-order valence-electron chi connectivity index (χ2n) is 1.75. The fraction of sp³-hybridized carbons (Fsp3) is 0.875. The van der Waals surface area contributed by atoms with Crippen LogP contribution in [0.4, 0.5) is 0 Å². The van der Waals surface area contributed by atoms with Crippen LogP contribution >= 0.6 is 0 Å². The molecular weight excluding hydrogens is 110 g/mol. The quantitative estimate of drug-likeness (QED) is 0.575. The van der Waals surface area contributed by atoms with Crippen molar-refractivity contribution in [1.82, 2.24) is 5.32 Å². The fourth-order valence-electron chi connectivity index (χ4n) is 0.479. The Morgan fingerprint density at radius 2 is 1.33 bits per heavy atom. The van der Waals surface area contributed by atoms with Crippen molar-refractivity contribution in [3.63, 3.8) is 0 Å². The van der Waals surface area contributed by atoms with E-state index in [0.717, 1.165) is 0 Å². The predicted octanol–water partition coefficient (Wildman–Crippen LogP) is 2.24. The van der Waals surface area contributed by atoms with Gasteiger partial charge in [0.2, 0.25) is 0 Å². The Morgan fingerprint density at radius 3 is 1.56 bits per heavy atom. The Bertz CT molecular complexity index is 23.7. The highest BCUT2D eigenvalue weighted by Gasteiger charge is 1.76. The van der Waals surface area contributed by atoms with Gasteiger partial charge in [-0.25, -0.2) is 0 Å². The summed E-state index contributed by atoms with van der Waals surface area (Å²) in [7, 11) is 0. The van der Waals surface area contributed by atoms with E-state index in [1.807, 2.05) is 0 Å². The van der Waals surface area contributed by atoms with Crippen LogP contribution in [0.15, 0.2) is 0 Å². The van der Waals surface area contributed by atoms with Crippen LogP contribution in [0, 0.1) is 6.92 Å². The molecule has 0 aromatic heterocycles. The van der Waals surface area contributed by atoms with Crippen molar-refractivity contribution >= 4 is 0 Å². The molecule has 9 heavy (non-hydrogen) atoms. The predicted molar refractivity (Wildman–Crippen MR) is 44.5 cm³/mol. The van der Waals surface area contributed by atoms with E-state index in [9.17, 15) is 0 Å². The van der Waals surface area contributed by atoms with Crippen LogP contribution in [0.25, 0.3) is 0 Å². The van der Waals surface area contributed by atoms with E-state index in [0.29, 0.717) is 0 Å². The van der Waals surface area contributed by atoms with Gasteiger partial charge in [0.25, 0.3) is 0 Å². The molecule has 0 saturated carbocycles. The molecule has 0 rings (SSSR count). The maximum atomic E-state index is 3.28. The molecule has 1 N–H and O–H groups in total. The van der Waals surface area contributed by atoms with Gasteiger partial charge in [0.15, 0.2) is 0 Å². The van der Waals surface area contributed by atoms with Gasteiger partial charge in [-0.05, 0) is 25.9 Å². The molecule has 0 aliphatic heterocycles. The molecule has 0 saturated heterocycles. The minimum atomic E-state index is 1.17. The lowest BCUT2D eigenvalue weighted by atomic mass is 10.4. The van der Waals surface area contributed by atoms with E-state index in [2.05, 4.69) is 26.1 Å². The zero-order valence-electron chi connectivity index (χ0n) is 7.04. The number of nitrogens with one attached hydrogen (secondary N) is 1. The molecule has 0 aromatic rings. The number of hydrogen-bond acceptors (Lipinski definition) is 1. The molecule has 0 amide bonds. The van der Waals surface area contributed by atoms with Crippen LogP contribution in [0.1, 0.15) is 33.6 Å². The molecule has 57 valence electrons. The number of rotatable bonds is 4. The minimum Gasteiger partial charge on any atom is -0.317 e. The van der Waals surface area contributed by atoms with Crippen molar-refractivity contribution in [3.8, 4) is 0 Å². The molecule has 1 nitrogen and oxygen atoms in total. The molecule has 0 aliphatic carbocycles. The molecule has 0 bridgehead atoms. The van der Waals surface area contributed by atoms with Gasteiger partial charge in [0.1, 0.15) is 0 Å². The molecule has 0 aromatic carbocycles. The lowest BCUT2D eigenvalue weighted by Crippen LogP contribution is -2.14. The first-order chi connectivity index (χ1) is 4.41. The lowest BCUT2D eigenvalue weighted by Gasteiger charge is -1.95. The molecule has 0 atom stereocenters. The standard InChI is InChI=1S/C6H15N.C2H5/c1-3-5-7-6-4-2;1-2/h7H,3-6H2,1-2H3;1H2,2H3. The summed E-state index contributed by atoms with van der Waals surface area (Å²) >= 11 is 0. The topological polar surface area (TPSA) is 12.0 Å². The summed E-state index contributed by atoms with van der Waals surface area (Å²) in [5.74, 6) is 0. The maximum Gasteiger partial charge on any atom is -0.00516 e. The molecule has 1 heteroatoms. The van der Waals surface area contributed by atoms with Gasteiger partial charge in [-0.15, -0.1) is 0 Å². The fourth-order valence-corrected chi connectivity index (χ4v) is 0.479. The Balaban J connectivity index is 0. The molecule has 1 radical (unpaired) electrons. The van der Waals surface area contributed by atoms with E-state index < -0.39 is 0 Å². The van der Waals surface area contributed by atoms with Gasteiger partial charge >= 0.3 is 0 Å². The summed E-state index contributed by atoms with van der Waals surface area (Å²) < 4.78 is 0. The molecule has 0 fully saturated rings. The first-order valence-corrected chi connectivity index (χ1v) is 3.83. The summed E-state index contributed by atoms with van der Waals surface area (Å²) in [5.41, 5.74) is 0. The van der Waals surface area contributed by atoms with E-state index in [1.165, 1.54) is 25.9 Å². The van der Waals surface area contributed by atoms with E-state index in [1.54, 1.807) is 6.92 Å². The van der Waals surface area contributed by atoms with Crippen molar-refractivity contribution in [3.05, 3.63) is 6.92 Å². The van der Waals surface area contributed by atoms with E-state index in [-0.39, 0.29) is 0 Å². The average Bonchev–Trinajstić information content (AvgIpc) is 1.94. The van der Waals surface area contributed by atoms with Crippen molar-refractivity contribution < 1.29 is 0 Å². The monoisotopic (exact) mass is 130 g/mol. The van der Waals surface area contributed by atoms with Gasteiger partial charge < -0.3 is 5.32 Å². The SMILES string of the molecule is CCCNCCC.[CH2]C. The second-order valence-corrected chi connectivity index (χ2v) is 1.75. The van der Waals surface area contributed by atoms with Crippen molar-refractivity contribution in [2.45, 2.75) is 33.6 Å². The normalized spacial score (nSPS) is 8.00. The smallest absolute Gasteiger partial charge is 0.00516 e. The third kappa shape index (κ3) is 18.0. The molecule has 0 heterocycles.